The summed E-state index contributed by atoms with van der Waals surface area (Å²) < 4.78 is 46.2. The Morgan fingerprint density at radius 2 is 2.07 bits per heavy atom. The molecule has 0 saturated heterocycles. The summed E-state index contributed by atoms with van der Waals surface area (Å²) in [4.78, 5) is 2.88. The number of hydrogen-bond donors (Lipinski definition) is 1. The van der Waals surface area contributed by atoms with Crippen molar-refractivity contribution in [1.29, 1.82) is 0 Å². The molecule has 0 fully saturated rings. The molecule has 0 aliphatic heterocycles. The lowest BCUT2D eigenvalue weighted by Gasteiger charge is -2.06. The molecule has 4 nitrogen and oxygen atoms in total. The molecule has 0 atom stereocenters. The van der Waals surface area contributed by atoms with Crippen molar-refractivity contribution in [3.63, 3.8) is 0 Å². The van der Waals surface area contributed by atoms with Crippen molar-refractivity contribution >= 4 is 41.4 Å². The van der Waals surface area contributed by atoms with Crippen molar-refractivity contribution in [3.8, 4) is 0 Å². The Morgan fingerprint density at radius 1 is 1.53 bits per heavy atom. The van der Waals surface area contributed by atoms with Crippen LogP contribution in [0.2, 0.25) is 0 Å². The molecule has 0 spiro atoms. The summed E-state index contributed by atoms with van der Waals surface area (Å²) >= 11 is 2.72. The number of rotatable bonds is 2. The first-order chi connectivity index (χ1) is 6.73. The zero-order valence-corrected chi connectivity index (χ0v) is 10.1. The number of nitrogens with zero attached hydrogens (tertiary/aromatic N) is 1. The SMILES string of the molecule is Nc1cc(S(=O)(=O)Cl)c(Br)nc1C(F)F. The number of halogens is 4. The van der Waals surface area contributed by atoms with Crippen molar-refractivity contribution in [3.05, 3.63) is 16.4 Å². The van der Waals surface area contributed by atoms with E-state index in [0.29, 0.717) is 0 Å². The van der Waals surface area contributed by atoms with Gasteiger partial charge in [-0.25, -0.2) is 22.2 Å². The largest absolute Gasteiger partial charge is 0.397 e. The number of anilines is 1. The molecule has 0 amide bonds. The number of hydrogen-bond acceptors (Lipinski definition) is 4. The van der Waals surface area contributed by atoms with Crippen LogP contribution in [-0.2, 0) is 9.05 Å². The average Bonchev–Trinajstić information content (AvgIpc) is 2.06. The van der Waals surface area contributed by atoms with Crippen molar-refractivity contribution in [2.45, 2.75) is 11.3 Å². The van der Waals surface area contributed by atoms with Crippen LogP contribution in [-0.4, -0.2) is 13.4 Å². The topological polar surface area (TPSA) is 73.1 Å². The maximum Gasteiger partial charge on any atom is 0.282 e. The molecule has 0 unspecified atom stereocenters. The molecule has 0 aromatic carbocycles. The monoisotopic (exact) mass is 320 g/mol. The van der Waals surface area contributed by atoms with Crippen molar-refractivity contribution in [1.82, 2.24) is 4.98 Å². The van der Waals surface area contributed by atoms with Crippen LogP contribution in [0.25, 0.3) is 0 Å². The summed E-state index contributed by atoms with van der Waals surface area (Å²) in [5.41, 5.74) is 4.09. The van der Waals surface area contributed by atoms with Crippen LogP contribution in [0.5, 0.6) is 0 Å². The second-order valence-corrected chi connectivity index (χ2v) is 5.78. The molecule has 15 heavy (non-hydrogen) atoms. The Kier molecular flexibility index (Phi) is 3.51. The number of alkyl halides is 2. The van der Waals surface area contributed by atoms with Gasteiger partial charge in [-0.05, 0) is 22.0 Å². The second-order valence-electron chi connectivity index (χ2n) is 2.49. The van der Waals surface area contributed by atoms with E-state index in [1.165, 1.54) is 0 Å². The molecule has 0 aliphatic carbocycles. The normalized spacial score (nSPS) is 12.1. The first-order valence-corrected chi connectivity index (χ1v) is 6.52. The van der Waals surface area contributed by atoms with Gasteiger partial charge in [0.05, 0.1) is 5.69 Å². The van der Waals surface area contributed by atoms with Gasteiger partial charge in [0.1, 0.15) is 15.2 Å². The van der Waals surface area contributed by atoms with Gasteiger partial charge in [0.25, 0.3) is 15.5 Å². The fraction of sp³-hybridized carbons (Fsp3) is 0.167. The van der Waals surface area contributed by atoms with E-state index in [4.69, 9.17) is 16.4 Å². The fourth-order valence-corrected chi connectivity index (χ4v) is 2.94. The van der Waals surface area contributed by atoms with Gasteiger partial charge in [0.15, 0.2) is 0 Å². The summed E-state index contributed by atoms with van der Waals surface area (Å²) in [6.45, 7) is 0. The molecule has 0 radical (unpaired) electrons. The predicted octanol–water partition coefficient (Wildman–Crippen LogP) is 2.29. The molecule has 84 valence electrons. The van der Waals surface area contributed by atoms with Crippen molar-refractivity contribution in [2.24, 2.45) is 0 Å². The van der Waals surface area contributed by atoms with E-state index in [9.17, 15) is 17.2 Å². The third kappa shape index (κ3) is 2.76. The van der Waals surface area contributed by atoms with Gasteiger partial charge in [-0.2, -0.15) is 0 Å². The highest BCUT2D eigenvalue weighted by molar-refractivity contribution is 9.10. The Labute approximate surface area is 97.0 Å². The van der Waals surface area contributed by atoms with E-state index in [0.717, 1.165) is 6.07 Å². The van der Waals surface area contributed by atoms with Crippen LogP contribution in [0.3, 0.4) is 0 Å². The van der Waals surface area contributed by atoms with Gasteiger partial charge in [-0.3, -0.25) is 0 Å². The molecule has 9 heteroatoms. The highest BCUT2D eigenvalue weighted by Gasteiger charge is 2.21. The minimum absolute atomic E-state index is 0.290. The van der Waals surface area contributed by atoms with E-state index in [-0.39, 0.29) is 4.60 Å². The van der Waals surface area contributed by atoms with Gasteiger partial charge >= 0.3 is 0 Å². The molecule has 1 rings (SSSR count). The lowest BCUT2D eigenvalue weighted by molar-refractivity contribution is 0.146. The molecule has 1 aromatic heterocycles. The fourth-order valence-electron chi connectivity index (χ4n) is 0.846. The van der Waals surface area contributed by atoms with E-state index in [1.54, 1.807) is 0 Å². The summed E-state index contributed by atoms with van der Waals surface area (Å²) in [7, 11) is 0.966. The van der Waals surface area contributed by atoms with E-state index < -0.39 is 31.8 Å². The molecule has 0 bridgehead atoms. The first-order valence-electron chi connectivity index (χ1n) is 3.42. The first kappa shape index (κ1) is 12.6. The van der Waals surface area contributed by atoms with Gasteiger partial charge in [-0.15, -0.1) is 0 Å². The van der Waals surface area contributed by atoms with Gasteiger partial charge in [0, 0.05) is 10.7 Å². The number of nitrogens with two attached hydrogens (primary N) is 1. The van der Waals surface area contributed by atoms with E-state index >= 15 is 0 Å². The highest BCUT2D eigenvalue weighted by Crippen LogP contribution is 2.31. The van der Waals surface area contributed by atoms with Crippen LogP contribution in [0.15, 0.2) is 15.6 Å². The smallest absolute Gasteiger partial charge is 0.282 e. The molecule has 1 heterocycles. The summed E-state index contributed by atoms with van der Waals surface area (Å²) in [6, 6.07) is 0.834. The van der Waals surface area contributed by atoms with E-state index in [2.05, 4.69) is 20.9 Å². The Balaban J connectivity index is 3.46. The molecular weight excluding hydrogens is 317 g/mol. The number of pyridine rings is 1. The number of aromatic nitrogens is 1. The number of nitrogen functional groups attached to an aromatic ring is 1. The van der Waals surface area contributed by atoms with Crippen LogP contribution >= 0.6 is 26.6 Å². The van der Waals surface area contributed by atoms with E-state index in [1.807, 2.05) is 0 Å². The quantitative estimate of drug-likeness (QED) is 0.670. The Bertz CT molecular complexity index is 494. The molecule has 0 aliphatic rings. The predicted molar refractivity (Wildman–Crippen MR) is 54.3 cm³/mol. The average molecular weight is 322 g/mol. The lowest BCUT2D eigenvalue weighted by Crippen LogP contribution is -2.03. The van der Waals surface area contributed by atoms with Crippen molar-refractivity contribution in [2.75, 3.05) is 5.73 Å². The molecular formula is C6H4BrClF2N2O2S. The third-order valence-electron chi connectivity index (χ3n) is 1.47. The summed E-state index contributed by atoms with van der Waals surface area (Å²) in [5.74, 6) is 0. The van der Waals surface area contributed by atoms with Gasteiger partial charge in [-0.1, -0.05) is 0 Å². The Hall–Kier alpha value is -0.470. The van der Waals surface area contributed by atoms with Gasteiger partial charge < -0.3 is 5.73 Å². The van der Waals surface area contributed by atoms with Crippen molar-refractivity contribution < 1.29 is 17.2 Å². The standard InChI is InChI=1S/C6H4BrClF2N2O2S/c7-5-3(15(8,13)14)1-2(11)4(12-5)6(9)10/h1,6H,11H2. The molecule has 2 N–H and O–H groups in total. The molecule has 0 saturated carbocycles. The summed E-state index contributed by atoms with van der Waals surface area (Å²) in [5, 5.41) is 0. The zero-order valence-electron chi connectivity index (χ0n) is 6.92. The lowest BCUT2D eigenvalue weighted by atomic mass is 10.3. The third-order valence-corrected chi connectivity index (χ3v) is 3.68. The minimum atomic E-state index is -4.06. The second kappa shape index (κ2) is 4.18. The Morgan fingerprint density at radius 3 is 2.47 bits per heavy atom. The van der Waals surface area contributed by atoms with Gasteiger partial charge in [0.2, 0.25) is 0 Å². The van der Waals surface area contributed by atoms with Crippen LogP contribution in [0, 0.1) is 0 Å². The minimum Gasteiger partial charge on any atom is -0.397 e. The molecule has 1 aromatic rings. The maximum atomic E-state index is 12.3. The van der Waals surface area contributed by atoms with Crippen LogP contribution in [0.1, 0.15) is 12.1 Å². The van der Waals surface area contributed by atoms with Crippen LogP contribution in [0.4, 0.5) is 14.5 Å². The summed E-state index contributed by atoms with van der Waals surface area (Å²) in [6.07, 6.45) is -2.88. The maximum absolute atomic E-state index is 12.3. The van der Waals surface area contributed by atoms with Crippen LogP contribution < -0.4 is 5.73 Å². The highest BCUT2D eigenvalue weighted by atomic mass is 79.9. The zero-order chi connectivity index (χ0) is 11.8.